The molecule has 1 amide bonds. The van der Waals surface area contributed by atoms with Crippen LogP contribution in [0, 0.1) is 18.8 Å². The quantitative estimate of drug-likeness (QED) is 0.883. The third-order valence-corrected chi connectivity index (χ3v) is 6.69. The molecule has 1 aromatic carbocycles. The summed E-state index contributed by atoms with van der Waals surface area (Å²) in [5.74, 6) is 0.731. The summed E-state index contributed by atoms with van der Waals surface area (Å²) in [6, 6.07) is 5.49. The lowest BCUT2D eigenvalue weighted by atomic mass is 9.99. The number of rotatable bonds is 5. The van der Waals surface area contributed by atoms with Gasteiger partial charge in [-0.1, -0.05) is 17.7 Å². The van der Waals surface area contributed by atoms with E-state index in [4.69, 9.17) is 11.6 Å². The molecule has 1 saturated heterocycles. The summed E-state index contributed by atoms with van der Waals surface area (Å²) in [6.07, 6.45) is 4.23. The first-order valence-electron chi connectivity index (χ1n) is 8.26. The molecular formula is C17H23ClN2O2S. The molecule has 0 radical (unpaired) electrons. The van der Waals surface area contributed by atoms with Crippen molar-refractivity contribution in [2.24, 2.45) is 11.8 Å². The maximum Gasteiger partial charge on any atom is 0.224 e. The SMILES string of the molecule is Cc1c(Cl)cccc1S(=O)N1CCCC(C(=O)NCC2CC2)C1. The second kappa shape index (κ2) is 7.32. The Bertz CT molecular complexity index is 619. The predicted molar refractivity (Wildman–Crippen MR) is 92.6 cm³/mol. The second-order valence-electron chi connectivity index (χ2n) is 6.53. The number of carbonyl (C=O) groups is 1. The number of carbonyl (C=O) groups excluding carboxylic acids is 1. The summed E-state index contributed by atoms with van der Waals surface area (Å²) in [7, 11) is -1.26. The van der Waals surface area contributed by atoms with Gasteiger partial charge in [0, 0.05) is 24.7 Å². The van der Waals surface area contributed by atoms with Crippen LogP contribution in [-0.4, -0.2) is 34.1 Å². The zero-order valence-corrected chi connectivity index (χ0v) is 15.0. The molecule has 0 spiro atoms. The average Bonchev–Trinajstić information content (AvgIpc) is 3.39. The predicted octanol–water partition coefficient (Wildman–Crippen LogP) is 2.91. The Morgan fingerprint density at radius 3 is 2.91 bits per heavy atom. The summed E-state index contributed by atoms with van der Waals surface area (Å²) in [6.45, 7) is 3.99. The molecule has 126 valence electrons. The van der Waals surface area contributed by atoms with Crippen LogP contribution in [0.1, 0.15) is 31.2 Å². The van der Waals surface area contributed by atoms with Crippen molar-refractivity contribution in [3.63, 3.8) is 0 Å². The van der Waals surface area contributed by atoms with Crippen molar-refractivity contribution in [2.45, 2.75) is 37.5 Å². The van der Waals surface area contributed by atoms with Gasteiger partial charge in [-0.05, 0) is 56.2 Å². The number of amides is 1. The molecular weight excluding hydrogens is 332 g/mol. The molecule has 1 heterocycles. The molecule has 2 aliphatic rings. The highest BCUT2D eigenvalue weighted by molar-refractivity contribution is 7.82. The van der Waals surface area contributed by atoms with E-state index in [0.717, 1.165) is 36.4 Å². The third kappa shape index (κ3) is 4.14. The van der Waals surface area contributed by atoms with Gasteiger partial charge in [0.1, 0.15) is 11.0 Å². The lowest BCUT2D eigenvalue weighted by Gasteiger charge is -2.31. The summed E-state index contributed by atoms with van der Waals surface area (Å²) in [5, 5.41) is 3.68. The highest BCUT2D eigenvalue weighted by atomic mass is 35.5. The maximum absolute atomic E-state index is 12.9. The van der Waals surface area contributed by atoms with Crippen molar-refractivity contribution in [1.29, 1.82) is 0 Å². The zero-order valence-electron chi connectivity index (χ0n) is 13.4. The number of nitrogens with one attached hydrogen (secondary N) is 1. The lowest BCUT2D eigenvalue weighted by molar-refractivity contribution is -0.126. The molecule has 0 bridgehead atoms. The van der Waals surface area contributed by atoms with Crippen molar-refractivity contribution in [3.05, 3.63) is 28.8 Å². The van der Waals surface area contributed by atoms with E-state index in [-0.39, 0.29) is 11.8 Å². The minimum absolute atomic E-state index is 0.0639. The molecule has 2 unspecified atom stereocenters. The van der Waals surface area contributed by atoms with Crippen LogP contribution >= 0.6 is 11.6 Å². The highest BCUT2D eigenvalue weighted by Gasteiger charge is 2.30. The van der Waals surface area contributed by atoms with Crippen LogP contribution in [0.5, 0.6) is 0 Å². The average molecular weight is 355 g/mol. The second-order valence-corrected chi connectivity index (χ2v) is 8.39. The molecule has 2 atom stereocenters. The topological polar surface area (TPSA) is 49.4 Å². The van der Waals surface area contributed by atoms with Gasteiger partial charge in [-0.3, -0.25) is 4.79 Å². The molecule has 3 rings (SSSR count). The van der Waals surface area contributed by atoms with Crippen LogP contribution in [0.3, 0.4) is 0 Å². The van der Waals surface area contributed by atoms with Crippen molar-refractivity contribution < 1.29 is 9.00 Å². The Hall–Kier alpha value is -0.910. The van der Waals surface area contributed by atoms with E-state index in [1.807, 2.05) is 29.4 Å². The van der Waals surface area contributed by atoms with E-state index in [9.17, 15) is 9.00 Å². The number of halogens is 1. The zero-order chi connectivity index (χ0) is 16.4. The summed E-state index contributed by atoms with van der Waals surface area (Å²) < 4.78 is 14.8. The number of piperidine rings is 1. The molecule has 1 saturated carbocycles. The van der Waals surface area contributed by atoms with Gasteiger partial charge in [-0.15, -0.1) is 0 Å². The van der Waals surface area contributed by atoms with Crippen molar-refractivity contribution in [1.82, 2.24) is 9.62 Å². The maximum atomic E-state index is 12.9. The monoisotopic (exact) mass is 354 g/mol. The largest absolute Gasteiger partial charge is 0.356 e. The fraction of sp³-hybridized carbons (Fsp3) is 0.588. The fourth-order valence-corrected chi connectivity index (χ4v) is 4.62. The Balaban J connectivity index is 1.64. The molecule has 6 heteroatoms. The minimum atomic E-state index is -1.26. The first-order valence-corrected chi connectivity index (χ1v) is 9.74. The number of hydrogen-bond acceptors (Lipinski definition) is 2. The van der Waals surface area contributed by atoms with E-state index in [2.05, 4.69) is 5.32 Å². The van der Waals surface area contributed by atoms with Crippen LogP contribution in [0.2, 0.25) is 5.02 Å². The Morgan fingerprint density at radius 2 is 2.17 bits per heavy atom. The van der Waals surface area contributed by atoms with Crippen LogP contribution in [-0.2, 0) is 15.8 Å². The van der Waals surface area contributed by atoms with E-state index in [0.29, 0.717) is 17.5 Å². The molecule has 4 nitrogen and oxygen atoms in total. The lowest BCUT2D eigenvalue weighted by Crippen LogP contribution is -2.44. The highest BCUT2D eigenvalue weighted by Crippen LogP contribution is 2.29. The molecule has 1 N–H and O–H groups in total. The van der Waals surface area contributed by atoms with E-state index >= 15 is 0 Å². The van der Waals surface area contributed by atoms with Gasteiger partial charge in [0.05, 0.1) is 10.8 Å². The van der Waals surface area contributed by atoms with E-state index < -0.39 is 11.0 Å². The smallest absolute Gasteiger partial charge is 0.224 e. The molecule has 1 aromatic rings. The first kappa shape index (κ1) is 16.9. The molecule has 0 aromatic heterocycles. The van der Waals surface area contributed by atoms with Gasteiger partial charge in [0.2, 0.25) is 5.91 Å². The van der Waals surface area contributed by atoms with Gasteiger partial charge in [-0.2, -0.15) is 0 Å². The minimum Gasteiger partial charge on any atom is -0.356 e. The van der Waals surface area contributed by atoms with E-state index in [1.165, 1.54) is 12.8 Å². The normalized spacial score (nSPS) is 23.5. The van der Waals surface area contributed by atoms with E-state index in [1.54, 1.807) is 0 Å². The summed E-state index contributed by atoms with van der Waals surface area (Å²) in [4.78, 5) is 13.0. The molecule has 2 fully saturated rings. The summed E-state index contributed by atoms with van der Waals surface area (Å²) >= 11 is 6.14. The van der Waals surface area contributed by atoms with Gasteiger partial charge in [-0.25, -0.2) is 8.51 Å². The Kier molecular flexibility index (Phi) is 5.39. The Labute approximate surface area is 145 Å². The molecule has 1 aliphatic heterocycles. The molecule has 1 aliphatic carbocycles. The molecule has 23 heavy (non-hydrogen) atoms. The number of benzene rings is 1. The first-order chi connectivity index (χ1) is 11.1. The fourth-order valence-electron chi connectivity index (χ4n) is 2.93. The van der Waals surface area contributed by atoms with Crippen LogP contribution < -0.4 is 5.32 Å². The van der Waals surface area contributed by atoms with Crippen molar-refractivity contribution in [2.75, 3.05) is 19.6 Å². The van der Waals surface area contributed by atoms with Crippen LogP contribution in [0.15, 0.2) is 23.1 Å². The van der Waals surface area contributed by atoms with Crippen LogP contribution in [0.25, 0.3) is 0 Å². The van der Waals surface area contributed by atoms with Gasteiger partial charge in [0.15, 0.2) is 0 Å². The van der Waals surface area contributed by atoms with Crippen molar-refractivity contribution in [3.8, 4) is 0 Å². The van der Waals surface area contributed by atoms with Crippen molar-refractivity contribution >= 4 is 28.5 Å². The third-order valence-electron chi connectivity index (χ3n) is 4.66. The summed E-state index contributed by atoms with van der Waals surface area (Å²) in [5.41, 5.74) is 0.854. The van der Waals surface area contributed by atoms with Gasteiger partial charge >= 0.3 is 0 Å². The van der Waals surface area contributed by atoms with Crippen LogP contribution in [0.4, 0.5) is 0 Å². The Morgan fingerprint density at radius 1 is 1.39 bits per heavy atom. The standard InChI is InChI=1S/C17H23ClN2O2S/c1-12-15(18)5-2-6-16(12)23(22)20-9-3-4-14(11-20)17(21)19-10-13-7-8-13/h2,5-6,13-14H,3-4,7-11H2,1H3,(H,19,21). The number of hydrogen-bond donors (Lipinski definition) is 1. The number of nitrogens with zero attached hydrogens (tertiary/aromatic N) is 1. The van der Waals surface area contributed by atoms with Gasteiger partial charge in [0.25, 0.3) is 0 Å². The van der Waals surface area contributed by atoms with Gasteiger partial charge < -0.3 is 5.32 Å².